The van der Waals surface area contributed by atoms with Gasteiger partial charge < -0.3 is 21.3 Å². The Bertz CT molecular complexity index is 494. The Morgan fingerprint density at radius 1 is 1.25 bits per heavy atom. The van der Waals surface area contributed by atoms with E-state index in [2.05, 4.69) is 15.7 Å². The highest BCUT2D eigenvalue weighted by atomic mass is 16.2. The number of nitrogen functional groups attached to an aromatic ring is 1. The monoisotopic (exact) mass is 282 g/mol. The quantitative estimate of drug-likeness (QED) is 0.631. The van der Waals surface area contributed by atoms with Crippen LogP contribution in [0.25, 0.3) is 0 Å². The average Bonchev–Trinajstić information content (AvgIpc) is 2.62. The molecule has 20 heavy (non-hydrogen) atoms. The van der Waals surface area contributed by atoms with Gasteiger partial charge >= 0.3 is 6.03 Å². The highest BCUT2D eigenvalue weighted by Crippen LogP contribution is 2.14. The zero-order chi connectivity index (χ0) is 15.3. The smallest absolute Gasteiger partial charge is 0.316 e. The number of nitrogens with two attached hydrogens (primary N) is 1. The fraction of sp³-hybridized carbons (Fsp3) is 0.583. The van der Waals surface area contributed by atoms with Gasteiger partial charge in [0.15, 0.2) is 0 Å². The zero-order valence-corrected chi connectivity index (χ0v) is 12.4. The predicted octanol–water partition coefficient (Wildman–Crippen LogP) is -0.530. The maximum Gasteiger partial charge on any atom is 0.316 e. The normalized spacial score (nSPS) is 10.2. The van der Waals surface area contributed by atoms with Gasteiger partial charge in [0.25, 0.3) is 0 Å². The van der Waals surface area contributed by atoms with Gasteiger partial charge in [-0.05, 0) is 13.8 Å². The second-order valence-electron chi connectivity index (χ2n) is 4.72. The van der Waals surface area contributed by atoms with Crippen LogP contribution in [0.15, 0.2) is 0 Å². The molecule has 0 aromatic carbocycles. The zero-order valence-electron chi connectivity index (χ0n) is 12.4. The molecule has 0 unspecified atom stereocenters. The van der Waals surface area contributed by atoms with Crippen molar-refractivity contribution in [3.8, 4) is 0 Å². The first kappa shape index (κ1) is 15.8. The average molecular weight is 282 g/mol. The number of hydrogen-bond donors (Lipinski definition) is 3. The van der Waals surface area contributed by atoms with Crippen LogP contribution in [0.2, 0.25) is 0 Å². The Labute approximate surface area is 118 Å². The van der Waals surface area contributed by atoms with Crippen LogP contribution < -0.4 is 16.4 Å². The number of anilines is 1. The molecule has 1 aromatic heterocycles. The summed E-state index contributed by atoms with van der Waals surface area (Å²) in [6.45, 7) is 4.48. The van der Waals surface area contributed by atoms with Crippen molar-refractivity contribution in [2.24, 2.45) is 0 Å². The maximum atomic E-state index is 11.7. The minimum absolute atomic E-state index is 0.117. The van der Waals surface area contributed by atoms with Gasteiger partial charge in [0.1, 0.15) is 6.54 Å². The SMILES string of the molecule is Cc1nn(CC(=O)NCCNC(=O)N(C)C)c(C)c1N. The molecule has 0 fully saturated rings. The first-order valence-electron chi connectivity index (χ1n) is 6.34. The van der Waals surface area contributed by atoms with Crippen molar-refractivity contribution in [3.63, 3.8) is 0 Å². The van der Waals surface area contributed by atoms with Crippen LogP contribution in [-0.4, -0.2) is 53.8 Å². The maximum absolute atomic E-state index is 11.7. The third-order valence-electron chi connectivity index (χ3n) is 2.86. The first-order chi connectivity index (χ1) is 9.32. The van der Waals surface area contributed by atoms with Crippen LogP contribution in [0, 0.1) is 13.8 Å². The number of rotatable bonds is 5. The molecule has 0 atom stereocenters. The summed E-state index contributed by atoms with van der Waals surface area (Å²) in [5, 5.41) is 9.55. The van der Waals surface area contributed by atoms with Gasteiger partial charge in [-0.25, -0.2) is 4.79 Å². The summed E-state index contributed by atoms with van der Waals surface area (Å²) in [7, 11) is 3.31. The lowest BCUT2D eigenvalue weighted by molar-refractivity contribution is -0.121. The minimum atomic E-state index is -0.189. The molecule has 8 heteroatoms. The molecular weight excluding hydrogens is 260 g/mol. The molecule has 0 saturated carbocycles. The van der Waals surface area contributed by atoms with Crippen LogP contribution in [-0.2, 0) is 11.3 Å². The van der Waals surface area contributed by atoms with Crippen molar-refractivity contribution in [2.45, 2.75) is 20.4 Å². The summed E-state index contributed by atoms with van der Waals surface area (Å²) in [4.78, 5) is 24.4. The fourth-order valence-electron chi connectivity index (χ4n) is 1.59. The Morgan fingerprint density at radius 3 is 2.35 bits per heavy atom. The van der Waals surface area contributed by atoms with E-state index in [1.165, 1.54) is 4.90 Å². The molecule has 0 aliphatic carbocycles. The lowest BCUT2D eigenvalue weighted by Gasteiger charge is -2.12. The summed E-state index contributed by atoms with van der Waals surface area (Å²) >= 11 is 0. The molecule has 8 nitrogen and oxygen atoms in total. The van der Waals surface area contributed by atoms with Crippen LogP contribution in [0.1, 0.15) is 11.4 Å². The van der Waals surface area contributed by atoms with E-state index < -0.39 is 0 Å². The molecule has 1 aromatic rings. The van der Waals surface area contributed by atoms with Crippen LogP contribution in [0.5, 0.6) is 0 Å². The van der Waals surface area contributed by atoms with E-state index >= 15 is 0 Å². The van der Waals surface area contributed by atoms with Crippen molar-refractivity contribution >= 4 is 17.6 Å². The molecule has 0 bridgehead atoms. The van der Waals surface area contributed by atoms with Crippen molar-refractivity contribution in [2.75, 3.05) is 32.9 Å². The standard InChI is InChI=1S/C12H22N6O2/c1-8-11(13)9(2)18(16-8)7-10(19)14-5-6-15-12(20)17(3)4/h5-7,13H2,1-4H3,(H,14,19)(H,15,20). The lowest BCUT2D eigenvalue weighted by Crippen LogP contribution is -2.40. The minimum Gasteiger partial charge on any atom is -0.396 e. The summed E-state index contributed by atoms with van der Waals surface area (Å²) in [6.07, 6.45) is 0. The second-order valence-corrected chi connectivity index (χ2v) is 4.72. The van der Waals surface area contributed by atoms with Gasteiger partial charge in [0.2, 0.25) is 5.91 Å². The largest absolute Gasteiger partial charge is 0.396 e. The molecule has 0 aliphatic heterocycles. The second kappa shape index (κ2) is 6.78. The Balaban J connectivity index is 2.34. The van der Waals surface area contributed by atoms with Crippen molar-refractivity contribution < 1.29 is 9.59 Å². The number of aromatic nitrogens is 2. The number of urea groups is 1. The van der Waals surface area contributed by atoms with Crippen LogP contribution in [0.3, 0.4) is 0 Å². The van der Waals surface area contributed by atoms with Gasteiger partial charge in [0, 0.05) is 27.2 Å². The number of aryl methyl sites for hydroxylation is 1. The predicted molar refractivity (Wildman–Crippen MR) is 76.2 cm³/mol. The molecule has 1 rings (SSSR count). The van der Waals surface area contributed by atoms with Crippen molar-refractivity contribution in [1.82, 2.24) is 25.3 Å². The number of carbonyl (C=O) groups excluding carboxylic acids is 2. The third-order valence-corrected chi connectivity index (χ3v) is 2.86. The molecule has 3 amide bonds. The molecule has 0 aliphatic rings. The van der Waals surface area contributed by atoms with Gasteiger partial charge in [0.05, 0.1) is 17.1 Å². The highest BCUT2D eigenvalue weighted by Gasteiger charge is 2.11. The summed E-state index contributed by atoms with van der Waals surface area (Å²) in [5.74, 6) is -0.172. The molecular formula is C12H22N6O2. The fourth-order valence-corrected chi connectivity index (χ4v) is 1.59. The summed E-state index contributed by atoms with van der Waals surface area (Å²) < 4.78 is 1.57. The van der Waals surface area contributed by atoms with Crippen molar-refractivity contribution in [1.29, 1.82) is 0 Å². The Hall–Kier alpha value is -2.25. The Kier molecular flexibility index (Phi) is 5.36. The van der Waals surface area contributed by atoms with E-state index in [0.717, 1.165) is 5.69 Å². The highest BCUT2D eigenvalue weighted by molar-refractivity contribution is 5.76. The Morgan fingerprint density at radius 2 is 1.85 bits per heavy atom. The summed E-state index contributed by atoms with van der Waals surface area (Å²) in [6, 6.07) is -0.189. The topological polar surface area (TPSA) is 105 Å². The number of nitrogens with one attached hydrogen (secondary N) is 2. The lowest BCUT2D eigenvalue weighted by atomic mass is 10.3. The van der Waals surface area contributed by atoms with Gasteiger partial charge in [-0.3, -0.25) is 9.48 Å². The van der Waals surface area contributed by atoms with E-state index in [1.807, 2.05) is 6.92 Å². The van der Waals surface area contributed by atoms with E-state index in [-0.39, 0.29) is 18.5 Å². The van der Waals surface area contributed by atoms with E-state index in [4.69, 9.17) is 5.73 Å². The van der Waals surface area contributed by atoms with Crippen molar-refractivity contribution in [3.05, 3.63) is 11.4 Å². The number of nitrogens with zero attached hydrogens (tertiary/aromatic N) is 3. The number of hydrogen-bond acceptors (Lipinski definition) is 4. The van der Waals surface area contributed by atoms with Gasteiger partial charge in [-0.1, -0.05) is 0 Å². The third kappa shape index (κ3) is 4.15. The molecule has 4 N–H and O–H groups in total. The van der Waals surface area contributed by atoms with Gasteiger partial charge in [-0.15, -0.1) is 0 Å². The number of carbonyl (C=O) groups is 2. The van der Waals surface area contributed by atoms with E-state index in [9.17, 15) is 9.59 Å². The first-order valence-corrected chi connectivity index (χ1v) is 6.34. The summed E-state index contributed by atoms with van der Waals surface area (Å²) in [5.41, 5.74) is 7.89. The molecule has 112 valence electrons. The molecule has 0 spiro atoms. The molecule has 0 saturated heterocycles. The molecule has 1 heterocycles. The van der Waals surface area contributed by atoms with Crippen LogP contribution >= 0.6 is 0 Å². The number of amides is 3. The van der Waals surface area contributed by atoms with Crippen LogP contribution in [0.4, 0.5) is 10.5 Å². The van der Waals surface area contributed by atoms with E-state index in [1.54, 1.807) is 25.7 Å². The molecule has 0 radical (unpaired) electrons. The van der Waals surface area contributed by atoms with Gasteiger partial charge in [-0.2, -0.15) is 5.10 Å². The van der Waals surface area contributed by atoms with E-state index in [0.29, 0.717) is 24.5 Å².